The van der Waals surface area contributed by atoms with Crippen molar-refractivity contribution >= 4 is 11.6 Å². The summed E-state index contributed by atoms with van der Waals surface area (Å²) in [7, 11) is 0. The lowest BCUT2D eigenvalue weighted by Crippen LogP contribution is -2.47. The van der Waals surface area contributed by atoms with Gasteiger partial charge in [-0.3, -0.25) is 9.78 Å². The predicted octanol–water partition coefficient (Wildman–Crippen LogP) is -0.622. The van der Waals surface area contributed by atoms with E-state index in [0.29, 0.717) is 19.8 Å². The number of pyridine rings is 1. The fourth-order valence-electron chi connectivity index (χ4n) is 1.88. The Morgan fingerprint density at radius 3 is 3.24 bits per heavy atom. The van der Waals surface area contributed by atoms with Gasteiger partial charge in [-0.05, 0) is 12.1 Å². The lowest BCUT2D eigenvalue weighted by atomic mass is 10.2. The molecular formula is C11H15N3O3. The van der Waals surface area contributed by atoms with Crippen LogP contribution in [0.2, 0.25) is 0 Å². The first-order valence-corrected chi connectivity index (χ1v) is 5.43. The van der Waals surface area contributed by atoms with E-state index in [4.69, 9.17) is 10.5 Å². The maximum atomic E-state index is 11.1. The number of primary amides is 1. The molecule has 1 atom stereocenters. The zero-order valence-electron chi connectivity index (χ0n) is 9.37. The van der Waals surface area contributed by atoms with Crippen molar-refractivity contribution in [3.05, 3.63) is 24.0 Å². The molecule has 0 radical (unpaired) electrons. The van der Waals surface area contributed by atoms with E-state index in [1.807, 2.05) is 4.90 Å². The number of carbonyl (C=O) groups excluding carboxylic acids is 1. The van der Waals surface area contributed by atoms with Crippen molar-refractivity contribution in [2.75, 3.05) is 31.3 Å². The smallest absolute Gasteiger partial charge is 0.267 e. The molecule has 0 spiro atoms. The fraction of sp³-hybridized carbons (Fsp3) is 0.455. The van der Waals surface area contributed by atoms with Crippen LogP contribution in [-0.4, -0.2) is 48.4 Å². The van der Waals surface area contributed by atoms with Gasteiger partial charge in [-0.15, -0.1) is 0 Å². The zero-order valence-corrected chi connectivity index (χ0v) is 9.37. The molecule has 1 aromatic rings. The van der Waals surface area contributed by atoms with Crippen LogP contribution in [0.5, 0.6) is 0 Å². The lowest BCUT2D eigenvalue weighted by molar-refractivity contribution is 0.0727. The molecule has 2 heterocycles. The van der Waals surface area contributed by atoms with Gasteiger partial charge in [0.2, 0.25) is 0 Å². The molecule has 1 amide bonds. The summed E-state index contributed by atoms with van der Waals surface area (Å²) >= 11 is 0. The van der Waals surface area contributed by atoms with E-state index in [0.717, 1.165) is 5.69 Å². The minimum absolute atomic E-state index is 0.00816. The summed E-state index contributed by atoms with van der Waals surface area (Å²) in [6.07, 6.45) is 1.54. The van der Waals surface area contributed by atoms with Crippen LogP contribution in [0.4, 0.5) is 5.69 Å². The van der Waals surface area contributed by atoms with E-state index in [1.165, 1.54) is 0 Å². The van der Waals surface area contributed by atoms with Gasteiger partial charge < -0.3 is 20.5 Å². The summed E-state index contributed by atoms with van der Waals surface area (Å²) in [5.41, 5.74) is 6.24. The number of hydrogen-bond acceptors (Lipinski definition) is 5. The molecule has 1 aliphatic rings. The Bertz CT molecular complexity index is 411. The van der Waals surface area contributed by atoms with Crippen LogP contribution in [0.25, 0.3) is 0 Å². The first-order chi connectivity index (χ1) is 8.22. The molecule has 6 heteroatoms. The number of aromatic nitrogens is 1. The second-order valence-corrected chi connectivity index (χ2v) is 3.87. The molecular weight excluding hydrogens is 222 g/mol. The van der Waals surface area contributed by atoms with Crippen LogP contribution < -0.4 is 10.6 Å². The lowest BCUT2D eigenvalue weighted by Gasteiger charge is -2.36. The monoisotopic (exact) mass is 237 g/mol. The molecule has 3 N–H and O–H groups in total. The second kappa shape index (κ2) is 5.11. The Balaban J connectivity index is 2.25. The third-order valence-electron chi connectivity index (χ3n) is 2.77. The number of nitrogens with zero attached hydrogens (tertiary/aromatic N) is 2. The first kappa shape index (κ1) is 11.8. The summed E-state index contributed by atoms with van der Waals surface area (Å²) in [6, 6.07) is 3.34. The minimum atomic E-state index is -0.555. The molecule has 1 saturated heterocycles. The van der Waals surface area contributed by atoms with Crippen LogP contribution in [0.1, 0.15) is 10.5 Å². The molecule has 1 aliphatic heterocycles. The van der Waals surface area contributed by atoms with Crippen molar-refractivity contribution in [1.82, 2.24) is 4.98 Å². The molecule has 17 heavy (non-hydrogen) atoms. The predicted molar refractivity (Wildman–Crippen MR) is 61.8 cm³/mol. The third-order valence-corrected chi connectivity index (χ3v) is 2.77. The molecule has 0 aromatic carbocycles. The summed E-state index contributed by atoms with van der Waals surface area (Å²) in [4.78, 5) is 16.9. The average Bonchev–Trinajstić information content (AvgIpc) is 2.39. The Morgan fingerprint density at radius 2 is 2.53 bits per heavy atom. The molecule has 0 saturated carbocycles. The maximum absolute atomic E-state index is 11.1. The van der Waals surface area contributed by atoms with Gasteiger partial charge >= 0.3 is 0 Å². The van der Waals surface area contributed by atoms with Crippen molar-refractivity contribution in [1.29, 1.82) is 0 Å². The Labute approximate surface area is 99.0 Å². The number of anilines is 1. The van der Waals surface area contributed by atoms with Gasteiger partial charge in [0.15, 0.2) is 0 Å². The average molecular weight is 237 g/mol. The number of carbonyl (C=O) groups is 1. The molecule has 1 fully saturated rings. The SMILES string of the molecule is NC(=O)c1cc(N2CCOCC2CO)ccn1. The van der Waals surface area contributed by atoms with Gasteiger partial charge in [0, 0.05) is 18.4 Å². The summed E-state index contributed by atoms with van der Waals surface area (Å²) in [6.45, 7) is 1.76. The van der Waals surface area contributed by atoms with Crippen LogP contribution in [0.3, 0.4) is 0 Å². The number of amides is 1. The van der Waals surface area contributed by atoms with Gasteiger partial charge in [0.1, 0.15) is 5.69 Å². The van der Waals surface area contributed by atoms with Gasteiger partial charge in [-0.1, -0.05) is 0 Å². The molecule has 1 aromatic heterocycles. The number of rotatable bonds is 3. The normalized spacial score (nSPS) is 20.3. The number of morpholine rings is 1. The summed E-state index contributed by atoms with van der Waals surface area (Å²) in [5.74, 6) is -0.555. The van der Waals surface area contributed by atoms with E-state index >= 15 is 0 Å². The van der Waals surface area contributed by atoms with Crippen LogP contribution in [0.15, 0.2) is 18.3 Å². The highest BCUT2D eigenvalue weighted by atomic mass is 16.5. The van der Waals surface area contributed by atoms with Crippen LogP contribution in [-0.2, 0) is 4.74 Å². The topological polar surface area (TPSA) is 88.7 Å². The summed E-state index contributed by atoms with van der Waals surface area (Å²) < 4.78 is 5.29. The minimum Gasteiger partial charge on any atom is -0.394 e. The Morgan fingerprint density at radius 1 is 1.71 bits per heavy atom. The van der Waals surface area contributed by atoms with Gasteiger partial charge in [0.05, 0.1) is 25.9 Å². The first-order valence-electron chi connectivity index (χ1n) is 5.43. The second-order valence-electron chi connectivity index (χ2n) is 3.87. The van der Waals surface area contributed by atoms with E-state index in [9.17, 15) is 9.90 Å². The highest BCUT2D eigenvalue weighted by Gasteiger charge is 2.23. The summed E-state index contributed by atoms with van der Waals surface area (Å²) in [5, 5.41) is 9.27. The molecule has 92 valence electrons. The number of hydrogen-bond donors (Lipinski definition) is 2. The van der Waals surface area contributed by atoms with Crippen molar-refractivity contribution in [2.45, 2.75) is 6.04 Å². The highest BCUT2D eigenvalue weighted by molar-refractivity contribution is 5.91. The molecule has 0 bridgehead atoms. The van der Waals surface area contributed by atoms with Gasteiger partial charge in [0.25, 0.3) is 5.91 Å². The number of nitrogens with two attached hydrogens (primary N) is 1. The van der Waals surface area contributed by atoms with Gasteiger partial charge in [-0.25, -0.2) is 0 Å². The van der Waals surface area contributed by atoms with E-state index in [2.05, 4.69) is 4.98 Å². The number of aliphatic hydroxyl groups is 1. The molecule has 2 rings (SSSR count). The quantitative estimate of drug-likeness (QED) is 0.731. The van der Waals surface area contributed by atoms with Crippen molar-refractivity contribution < 1.29 is 14.6 Å². The number of ether oxygens (including phenoxy) is 1. The standard InChI is InChI=1S/C11H15N3O3/c12-11(16)10-5-8(1-2-13-10)14-3-4-17-7-9(14)6-15/h1-2,5,9,15H,3-4,6-7H2,(H2,12,16). The van der Waals surface area contributed by atoms with Crippen molar-refractivity contribution in [3.8, 4) is 0 Å². The number of aliphatic hydroxyl groups excluding tert-OH is 1. The van der Waals surface area contributed by atoms with Crippen molar-refractivity contribution in [2.24, 2.45) is 5.73 Å². The Hall–Kier alpha value is -1.66. The fourth-order valence-corrected chi connectivity index (χ4v) is 1.88. The van der Waals surface area contributed by atoms with Crippen molar-refractivity contribution in [3.63, 3.8) is 0 Å². The largest absolute Gasteiger partial charge is 0.394 e. The van der Waals surface area contributed by atoms with Gasteiger partial charge in [-0.2, -0.15) is 0 Å². The Kier molecular flexibility index (Phi) is 3.55. The molecule has 6 nitrogen and oxygen atoms in total. The third kappa shape index (κ3) is 2.54. The van der Waals surface area contributed by atoms with Crippen LogP contribution in [0, 0.1) is 0 Å². The van der Waals surface area contributed by atoms with Crippen LogP contribution >= 0.6 is 0 Å². The van der Waals surface area contributed by atoms with E-state index < -0.39 is 5.91 Å². The molecule has 0 aliphatic carbocycles. The maximum Gasteiger partial charge on any atom is 0.267 e. The van der Waals surface area contributed by atoms with E-state index in [-0.39, 0.29) is 18.3 Å². The molecule has 1 unspecified atom stereocenters. The highest BCUT2D eigenvalue weighted by Crippen LogP contribution is 2.19. The van der Waals surface area contributed by atoms with E-state index in [1.54, 1.807) is 18.3 Å². The zero-order chi connectivity index (χ0) is 12.3.